The Labute approximate surface area is 88.7 Å². The Kier molecular flexibility index (Phi) is 2.77. The average molecular weight is 212 g/mol. The second-order valence-electron chi connectivity index (χ2n) is 3.83. The normalized spacial score (nSPS) is 26.8. The lowest BCUT2D eigenvalue weighted by Gasteiger charge is -2.17. The zero-order chi connectivity index (χ0) is 10.1. The molecule has 1 aromatic rings. The fourth-order valence-corrected chi connectivity index (χ4v) is 2.17. The van der Waals surface area contributed by atoms with Crippen LogP contribution in [0.2, 0.25) is 5.02 Å². The van der Waals surface area contributed by atoms with E-state index in [1.54, 1.807) is 0 Å². The third-order valence-electron chi connectivity index (χ3n) is 2.83. The highest BCUT2D eigenvalue weighted by atomic mass is 35.5. The summed E-state index contributed by atoms with van der Waals surface area (Å²) in [6, 6.07) is 5.47. The lowest BCUT2D eigenvalue weighted by molar-refractivity contribution is 0.136. The van der Waals surface area contributed by atoms with Crippen molar-refractivity contribution in [3.05, 3.63) is 34.3 Å². The largest absolute Gasteiger partial charge is 0.391 e. The van der Waals surface area contributed by atoms with E-state index in [1.807, 2.05) is 18.2 Å². The maximum absolute atomic E-state index is 9.73. The van der Waals surface area contributed by atoms with Crippen LogP contribution in [0, 0.1) is 0 Å². The zero-order valence-corrected chi connectivity index (χ0v) is 8.67. The molecule has 0 fully saturated rings. The van der Waals surface area contributed by atoms with Gasteiger partial charge in [0.1, 0.15) is 0 Å². The molecule has 3 N–H and O–H groups in total. The SMILES string of the molecule is N[C@@H]1c2cc(Cl)ccc2CCC[C@@H]1O. The van der Waals surface area contributed by atoms with Crippen molar-refractivity contribution in [3.63, 3.8) is 0 Å². The molecule has 0 aliphatic heterocycles. The third kappa shape index (κ3) is 1.78. The molecular formula is C11H14ClNO. The van der Waals surface area contributed by atoms with Gasteiger partial charge in [-0.25, -0.2) is 0 Å². The Morgan fingerprint density at radius 1 is 1.43 bits per heavy atom. The van der Waals surface area contributed by atoms with Gasteiger partial charge in [0.2, 0.25) is 0 Å². The lowest BCUT2D eigenvalue weighted by atomic mass is 9.99. The summed E-state index contributed by atoms with van der Waals surface area (Å²) in [5.41, 5.74) is 8.17. The Morgan fingerprint density at radius 3 is 3.00 bits per heavy atom. The van der Waals surface area contributed by atoms with Crippen molar-refractivity contribution in [1.29, 1.82) is 0 Å². The number of hydrogen-bond donors (Lipinski definition) is 2. The first-order valence-corrected chi connectivity index (χ1v) is 5.28. The minimum Gasteiger partial charge on any atom is -0.391 e. The van der Waals surface area contributed by atoms with Gasteiger partial charge >= 0.3 is 0 Å². The Hall–Kier alpha value is -0.570. The topological polar surface area (TPSA) is 46.2 Å². The highest BCUT2D eigenvalue weighted by molar-refractivity contribution is 6.30. The Bertz CT molecular complexity index is 340. The van der Waals surface area contributed by atoms with Crippen LogP contribution in [0.15, 0.2) is 18.2 Å². The van der Waals surface area contributed by atoms with Gasteiger partial charge in [-0.15, -0.1) is 0 Å². The summed E-state index contributed by atoms with van der Waals surface area (Å²) in [4.78, 5) is 0. The molecule has 3 heteroatoms. The summed E-state index contributed by atoms with van der Waals surface area (Å²) < 4.78 is 0. The van der Waals surface area contributed by atoms with E-state index in [0.29, 0.717) is 5.02 Å². The van der Waals surface area contributed by atoms with E-state index in [9.17, 15) is 5.11 Å². The van der Waals surface area contributed by atoms with Gasteiger partial charge in [0.25, 0.3) is 0 Å². The molecule has 1 aliphatic rings. The van der Waals surface area contributed by atoms with Crippen molar-refractivity contribution in [1.82, 2.24) is 0 Å². The molecule has 0 radical (unpaired) electrons. The van der Waals surface area contributed by atoms with E-state index in [0.717, 1.165) is 24.8 Å². The van der Waals surface area contributed by atoms with Gasteiger partial charge < -0.3 is 10.8 Å². The molecule has 2 atom stereocenters. The highest BCUT2D eigenvalue weighted by Gasteiger charge is 2.22. The van der Waals surface area contributed by atoms with Gasteiger partial charge in [0.05, 0.1) is 12.1 Å². The number of aliphatic hydroxyl groups is 1. The molecule has 0 saturated carbocycles. The predicted octanol–water partition coefficient (Wildman–Crippen LogP) is 2.04. The number of hydrogen-bond acceptors (Lipinski definition) is 2. The fraction of sp³-hybridized carbons (Fsp3) is 0.455. The van der Waals surface area contributed by atoms with E-state index < -0.39 is 6.10 Å². The van der Waals surface area contributed by atoms with Crippen LogP contribution in [0.3, 0.4) is 0 Å². The van der Waals surface area contributed by atoms with Crippen LogP contribution in [0.4, 0.5) is 0 Å². The number of aliphatic hydroxyl groups excluding tert-OH is 1. The molecule has 0 aromatic heterocycles. The first-order valence-electron chi connectivity index (χ1n) is 4.90. The number of benzene rings is 1. The molecule has 2 nitrogen and oxygen atoms in total. The van der Waals surface area contributed by atoms with Gasteiger partial charge in [-0.2, -0.15) is 0 Å². The number of fused-ring (bicyclic) bond motifs is 1. The minimum absolute atomic E-state index is 0.286. The van der Waals surface area contributed by atoms with Crippen molar-refractivity contribution in [2.45, 2.75) is 31.4 Å². The average Bonchev–Trinajstić information content (AvgIpc) is 2.30. The zero-order valence-electron chi connectivity index (χ0n) is 7.91. The van der Waals surface area contributed by atoms with E-state index in [-0.39, 0.29) is 6.04 Å². The number of nitrogens with two attached hydrogens (primary N) is 1. The van der Waals surface area contributed by atoms with Crippen molar-refractivity contribution in [3.8, 4) is 0 Å². The molecule has 1 aromatic carbocycles. The van der Waals surface area contributed by atoms with Gasteiger partial charge in [0.15, 0.2) is 0 Å². The molecule has 1 aliphatic carbocycles. The lowest BCUT2D eigenvalue weighted by Crippen LogP contribution is -2.25. The second-order valence-corrected chi connectivity index (χ2v) is 4.26. The summed E-state index contributed by atoms with van der Waals surface area (Å²) in [6.07, 6.45) is 2.31. The number of aryl methyl sites for hydroxylation is 1. The van der Waals surface area contributed by atoms with Crippen molar-refractivity contribution < 1.29 is 5.11 Å². The molecule has 76 valence electrons. The van der Waals surface area contributed by atoms with Gasteiger partial charge in [-0.3, -0.25) is 0 Å². The van der Waals surface area contributed by atoms with Crippen LogP contribution in [0.25, 0.3) is 0 Å². The predicted molar refractivity (Wildman–Crippen MR) is 57.3 cm³/mol. The summed E-state index contributed by atoms with van der Waals surface area (Å²) in [5.74, 6) is 0. The molecule has 0 unspecified atom stereocenters. The monoisotopic (exact) mass is 211 g/mol. The van der Waals surface area contributed by atoms with Crippen LogP contribution in [0.5, 0.6) is 0 Å². The van der Waals surface area contributed by atoms with Crippen LogP contribution in [-0.4, -0.2) is 11.2 Å². The third-order valence-corrected chi connectivity index (χ3v) is 3.06. The maximum Gasteiger partial charge on any atom is 0.0733 e. The summed E-state index contributed by atoms with van der Waals surface area (Å²) in [6.45, 7) is 0. The molecule has 0 saturated heterocycles. The number of halogens is 1. The highest BCUT2D eigenvalue weighted by Crippen LogP contribution is 2.29. The van der Waals surface area contributed by atoms with Gasteiger partial charge in [-0.05, 0) is 42.5 Å². The van der Waals surface area contributed by atoms with E-state index in [1.165, 1.54) is 5.56 Å². The Balaban J connectivity index is 2.44. The molecule has 0 amide bonds. The van der Waals surface area contributed by atoms with Crippen molar-refractivity contribution in [2.24, 2.45) is 5.73 Å². The van der Waals surface area contributed by atoms with Crippen LogP contribution in [0.1, 0.15) is 30.0 Å². The molecule has 2 rings (SSSR count). The summed E-state index contributed by atoms with van der Waals surface area (Å²) in [5, 5.41) is 10.4. The first kappa shape index (κ1) is 9.97. The summed E-state index contributed by atoms with van der Waals surface area (Å²) >= 11 is 5.91. The van der Waals surface area contributed by atoms with E-state index >= 15 is 0 Å². The molecule has 0 heterocycles. The molecular weight excluding hydrogens is 198 g/mol. The van der Waals surface area contributed by atoms with Crippen LogP contribution in [-0.2, 0) is 6.42 Å². The van der Waals surface area contributed by atoms with Crippen LogP contribution < -0.4 is 5.73 Å². The summed E-state index contributed by atoms with van der Waals surface area (Å²) in [7, 11) is 0. The van der Waals surface area contributed by atoms with Gasteiger partial charge in [0, 0.05) is 5.02 Å². The van der Waals surface area contributed by atoms with Crippen molar-refractivity contribution >= 4 is 11.6 Å². The van der Waals surface area contributed by atoms with Crippen LogP contribution >= 0.6 is 11.6 Å². The smallest absolute Gasteiger partial charge is 0.0733 e. The standard InChI is InChI=1S/C11H14ClNO/c12-8-5-4-7-2-1-3-10(14)11(13)9(7)6-8/h4-6,10-11,14H,1-3,13H2/t10-,11+/m0/s1. The minimum atomic E-state index is -0.435. The van der Waals surface area contributed by atoms with Gasteiger partial charge in [-0.1, -0.05) is 17.7 Å². The second kappa shape index (κ2) is 3.89. The van der Waals surface area contributed by atoms with E-state index in [2.05, 4.69) is 0 Å². The molecule has 0 spiro atoms. The Morgan fingerprint density at radius 2 is 2.21 bits per heavy atom. The first-order chi connectivity index (χ1) is 6.68. The quantitative estimate of drug-likeness (QED) is 0.646. The maximum atomic E-state index is 9.73. The molecule has 0 bridgehead atoms. The van der Waals surface area contributed by atoms with E-state index in [4.69, 9.17) is 17.3 Å². The fourth-order valence-electron chi connectivity index (χ4n) is 1.99. The van der Waals surface area contributed by atoms with Crippen molar-refractivity contribution in [2.75, 3.05) is 0 Å². The molecule has 14 heavy (non-hydrogen) atoms. The number of rotatable bonds is 0.